The fourth-order valence-corrected chi connectivity index (χ4v) is 2.38. The molecular formula is C13H23NO4. The number of hydrogen-bond donors (Lipinski definition) is 2. The Morgan fingerprint density at radius 2 is 1.83 bits per heavy atom. The van der Waals surface area contributed by atoms with E-state index in [0.29, 0.717) is 12.8 Å². The van der Waals surface area contributed by atoms with Crippen molar-refractivity contribution >= 4 is 11.9 Å². The molecule has 0 aromatic carbocycles. The van der Waals surface area contributed by atoms with Crippen LogP contribution in [0.4, 0.5) is 0 Å². The normalized spacial score (nSPS) is 20.8. The first-order valence-electron chi connectivity index (χ1n) is 6.56. The predicted molar refractivity (Wildman–Crippen MR) is 67.3 cm³/mol. The van der Waals surface area contributed by atoms with E-state index in [1.165, 1.54) is 7.11 Å². The van der Waals surface area contributed by atoms with Gasteiger partial charge in [-0.3, -0.25) is 9.59 Å². The zero-order valence-corrected chi connectivity index (χ0v) is 11.2. The smallest absolute Gasteiger partial charge is 0.311 e. The Hall–Kier alpha value is -1.10. The molecule has 0 saturated heterocycles. The summed E-state index contributed by atoms with van der Waals surface area (Å²) >= 11 is 0. The number of aliphatic carboxylic acids is 1. The van der Waals surface area contributed by atoms with Gasteiger partial charge in [-0.05, 0) is 19.8 Å². The SMILES string of the molecule is COC(C)C(=O)NCC1(C(=O)O)CCCCCC1. The molecule has 5 nitrogen and oxygen atoms in total. The lowest BCUT2D eigenvalue weighted by molar-refractivity contribution is -0.150. The molecule has 1 amide bonds. The third kappa shape index (κ3) is 3.70. The Balaban J connectivity index is 2.62. The summed E-state index contributed by atoms with van der Waals surface area (Å²) in [4.78, 5) is 23.1. The highest BCUT2D eigenvalue weighted by Crippen LogP contribution is 2.34. The maximum atomic E-state index is 11.6. The topological polar surface area (TPSA) is 75.6 Å². The molecule has 18 heavy (non-hydrogen) atoms. The Bertz CT molecular complexity index is 295. The number of nitrogens with one attached hydrogen (secondary N) is 1. The minimum absolute atomic E-state index is 0.203. The fourth-order valence-electron chi connectivity index (χ4n) is 2.38. The highest BCUT2D eigenvalue weighted by molar-refractivity contribution is 5.82. The number of carboxylic acids is 1. The van der Waals surface area contributed by atoms with Crippen LogP contribution in [-0.2, 0) is 14.3 Å². The Labute approximate surface area is 108 Å². The quantitative estimate of drug-likeness (QED) is 0.733. The molecular weight excluding hydrogens is 234 g/mol. The van der Waals surface area contributed by atoms with Crippen molar-refractivity contribution in [3.05, 3.63) is 0 Å². The summed E-state index contributed by atoms with van der Waals surface area (Å²) in [6, 6.07) is 0. The van der Waals surface area contributed by atoms with E-state index in [1.54, 1.807) is 6.92 Å². The van der Waals surface area contributed by atoms with Gasteiger partial charge in [-0.15, -0.1) is 0 Å². The van der Waals surface area contributed by atoms with Crippen molar-refractivity contribution in [2.24, 2.45) is 5.41 Å². The first kappa shape index (κ1) is 15.0. The van der Waals surface area contributed by atoms with Crippen molar-refractivity contribution in [1.29, 1.82) is 0 Å². The second kappa shape index (κ2) is 6.73. The minimum Gasteiger partial charge on any atom is -0.481 e. The number of rotatable bonds is 5. The standard InChI is InChI=1S/C13H23NO4/c1-10(18-2)11(15)14-9-13(12(16)17)7-5-3-4-6-8-13/h10H,3-9H2,1-2H3,(H,14,15)(H,16,17). The highest BCUT2D eigenvalue weighted by Gasteiger charge is 2.39. The zero-order valence-electron chi connectivity index (χ0n) is 11.2. The molecule has 1 fully saturated rings. The summed E-state index contributed by atoms with van der Waals surface area (Å²) in [5.41, 5.74) is -0.792. The number of ether oxygens (including phenoxy) is 1. The van der Waals surface area contributed by atoms with Crippen LogP contribution in [0.15, 0.2) is 0 Å². The van der Waals surface area contributed by atoms with Crippen LogP contribution >= 0.6 is 0 Å². The van der Waals surface area contributed by atoms with Crippen LogP contribution in [0.25, 0.3) is 0 Å². The third-order valence-corrected chi connectivity index (χ3v) is 3.84. The maximum absolute atomic E-state index is 11.6. The van der Waals surface area contributed by atoms with E-state index in [4.69, 9.17) is 4.74 Å². The van der Waals surface area contributed by atoms with Crippen molar-refractivity contribution in [3.8, 4) is 0 Å². The molecule has 0 radical (unpaired) electrons. The average molecular weight is 257 g/mol. The van der Waals surface area contributed by atoms with Crippen LogP contribution in [0.3, 0.4) is 0 Å². The number of carbonyl (C=O) groups is 2. The van der Waals surface area contributed by atoms with Gasteiger partial charge in [-0.25, -0.2) is 0 Å². The highest BCUT2D eigenvalue weighted by atomic mass is 16.5. The van der Waals surface area contributed by atoms with Gasteiger partial charge in [0.25, 0.3) is 0 Å². The van der Waals surface area contributed by atoms with Crippen LogP contribution in [0.5, 0.6) is 0 Å². The molecule has 0 aromatic rings. The molecule has 1 unspecified atom stereocenters. The number of carbonyl (C=O) groups excluding carboxylic acids is 1. The molecule has 2 N–H and O–H groups in total. The van der Waals surface area contributed by atoms with Crippen LogP contribution < -0.4 is 5.32 Å². The maximum Gasteiger partial charge on any atom is 0.311 e. The van der Waals surface area contributed by atoms with Crippen molar-refractivity contribution in [2.75, 3.05) is 13.7 Å². The lowest BCUT2D eigenvalue weighted by Crippen LogP contribution is -2.45. The minimum atomic E-state index is -0.797. The molecule has 0 aromatic heterocycles. The molecule has 104 valence electrons. The molecule has 1 rings (SSSR count). The summed E-state index contributed by atoms with van der Waals surface area (Å²) in [6.07, 6.45) is 4.74. The Morgan fingerprint density at radius 1 is 1.28 bits per heavy atom. The van der Waals surface area contributed by atoms with E-state index in [1.807, 2.05) is 0 Å². The van der Waals surface area contributed by atoms with E-state index in [9.17, 15) is 14.7 Å². The fraction of sp³-hybridized carbons (Fsp3) is 0.846. The monoisotopic (exact) mass is 257 g/mol. The van der Waals surface area contributed by atoms with E-state index in [-0.39, 0.29) is 12.5 Å². The predicted octanol–water partition coefficient (Wildman–Crippen LogP) is 1.56. The Morgan fingerprint density at radius 3 is 2.28 bits per heavy atom. The van der Waals surface area contributed by atoms with Crippen molar-refractivity contribution in [3.63, 3.8) is 0 Å². The van der Waals surface area contributed by atoms with Crippen molar-refractivity contribution in [2.45, 2.75) is 51.6 Å². The number of amides is 1. The molecule has 1 saturated carbocycles. The molecule has 1 aliphatic carbocycles. The van der Waals surface area contributed by atoms with Gasteiger partial charge in [0.15, 0.2) is 0 Å². The second-order valence-corrected chi connectivity index (χ2v) is 5.10. The van der Waals surface area contributed by atoms with Crippen LogP contribution in [0, 0.1) is 5.41 Å². The molecule has 5 heteroatoms. The Kier molecular flexibility index (Phi) is 5.59. The second-order valence-electron chi connectivity index (χ2n) is 5.10. The molecule has 0 aliphatic heterocycles. The average Bonchev–Trinajstić information content (AvgIpc) is 2.61. The zero-order chi connectivity index (χ0) is 13.6. The van der Waals surface area contributed by atoms with Crippen LogP contribution in [0.1, 0.15) is 45.4 Å². The van der Waals surface area contributed by atoms with E-state index >= 15 is 0 Å². The summed E-state index contributed by atoms with van der Waals surface area (Å²) in [5.74, 6) is -1.04. The molecule has 1 atom stereocenters. The summed E-state index contributed by atoms with van der Waals surface area (Å²) in [7, 11) is 1.46. The van der Waals surface area contributed by atoms with Gasteiger partial charge in [0.2, 0.25) is 5.91 Å². The molecule has 0 heterocycles. The largest absolute Gasteiger partial charge is 0.481 e. The number of carboxylic acid groups (broad SMARTS) is 1. The van der Waals surface area contributed by atoms with E-state index in [2.05, 4.69) is 5.32 Å². The first-order valence-corrected chi connectivity index (χ1v) is 6.56. The first-order chi connectivity index (χ1) is 8.52. The van der Waals surface area contributed by atoms with Gasteiger partial charge in [0, 0.05) is 13.7 Å². The molecule has 0 spiro atoms. The van der Waals surface area contributed by atoms with E-state index < -0.39 is 17.5 Å². The molecule has 0 bridgehead atoms. The lowest BCUT2D eigenvalue weighted by atomic mass is 9.80. The summed E-state index contributed by atoms with van der Waals surface area (Å²) < 4.78 is 4.91. The summed E-state index contributed by atoms with van der Waals surface area (Å²) in [5, 5.41) is 12.1. The number of hydrogen-bond acceptors (Lipinski definition) is 3. The van der Waals surface area contributed by atoms with Crippen LogP contribution in [-0.4, -0.2) is 36.7 Å². The third-order valence-electron chi connectivity index (χ3n) is 3.84. The summed E-state index contributed by atoms with van der Waals surface area (Å²) in [6.45, 7) is 1.85. The van der Waals surface area contributed by atoms with Gasteiger partial charge in [-0.1, -0.05) is 25.7 Å². The van der Waals surface area contributed by atoms with Crippen molar-refractivity contribution in [1.82, 2.24) is 5.32 Å². The van der Waals surface area contributed by atoms with Gasteiger partial charge in [0.1, 0.15) is 6.10 Å². The lowest BCUT2D eigenvalue weighted by Gasteiger charge is -2.28. The van der Waals surface area contributed by atoms with Gasteiger partial charge in [-0.2, -0.15) is 0 Å². The van der Waals surface area contributed by atoms with Crippen molar-refractivity contribution < 1.29 is 19.4 Å². The number of methoxy groups -OCH3 is 1. The van der Waals surface area contributed by atoms with Gasteiger partial charge < -0.3 is 15.2 Å². The van der Waals surface area contributed by atoms with E-state index in [0.717, 1.165) is 25.7 Å². The van der Waals surface area contributed by atoms with Crippen LogP contribution in [0.2, 0.25) is 0 Å². The van der Waals surface area contributed by atoms with Gasteiger partial charge in [0.05, 0.1) is 5.41 Å². The van der Waals surface area contributed by atoms with Gasteiger partial charge >= 0.3 is 5.97 Å². The molecule has 1 aliphatic rings.